The topological polar surface area (TPSA) is 79.3 Å². The molecule has 0 saturated heterocycles. The quantitative estimate of drug-likeness (QED) is 0.843. The number of benzene rings is 1. The maximum absolute atomic E-state index is 13.0. The van der Waals surface area contributed by atoms with Gasteiger partial charge in [-0.15, -0.1) is 0 Å². The molecule has 0 aliphatic heterocycles. The Morgan fingerprint density at radius 3 is 2.65 bits per heavy atom. The van der Waals surface area contributed by atoms with Crippen LogP contribution in [-0.4, -0.2) is 22.0 Å². The lowest BCUT2D eigenvalue weighted by Gasteiger charge is -2.09. The monoisotopic (exact) mass is 338 g/mol. The number of carbonyl (C=O) groups is 2. The highest BCUT2D eigenvalue weighted by Crippen LogP contribution is 2.20. The molecule has 7 heteroatoms. The number of amides is 1. The molecule has 0 fully saturated rings. The molecule has 2 rings (SSSR count). The first kappa shape index (κ1) is 14.1. The summed E-state index contributed by atoms with van der Waals surface area (Å²) >= 11 is 3.12. The summed E-state index contributed by atoms with van der Waals surface area (Å²) in [4.78, 5) is 26.9. The molecule has 5 nitrogen and oxygen atoms in total. The highest BCUT2D eigenvalue weighted by atomic mass is 79.9. The Labute approximate surface area is 121 Å². The fraction of sp³-hybridized carbons (Fsp3) is 0. The van der Waals surface area contributed by atoms with E-state index in [9.17, 15) is 14.0 Å². The second-order valence-electron chi connectivity index (χ2n) is 3.79. The van der Waals surface area contributed by atoms with E-state index < -0.39 is 17.7 Å². The molecule has 1 aromatic heterocycles. The van der Waals surface area contributed by atoms with Crippen molar-refractivity contribution in [2.75, 3.05) is 5.32 Å². The SMILES string of the molecule is O=C(O)c1cc(F)ccc1NC(=O)c1cccnc1Br. The third-order valence-electron chi connectivity index (χ3n) is 2.46. The number of anilines is 1. The summed E-state index contributed by atoms with van der Waals surface area (Å²) in [5, 5.41) is 11.4. The molecule has 0 radical (unpaired) electrons. The van der Waals surface area contributed by atoms with Crippen molar-refractivity contribution in [3.05, 3.63) is 58.1 Å². The average molecular weight is 339 g/mol. The molecule has 0 atom stereocenters. The zero-order valence-corrected chi connectivity index (χ0v) is 11.5. The molecule has 1 heterocycles. The standard InChI is InChI=1S/C13H8BrFN2O3/c14-11-8(2-1-5-16-11)12(18)17-10-4-3-7(15)6-9(10)13(19)20/h1-6H,(H,17,18)(H,19,20). The maximum atomic E-state index is 13.0. The van der Waals surface area contributed by atoms with Gasteiger partial charge in [0.05, 0.1) is 16.8 Å². The van der Waals surface area contributed by atoms with E-state index in [0.29, 0.717) is 4.60 Å². The van der Waals surface area contributed by atoms with Gasteiger partial charge < -0.3 is 10.4 Å². The second-order valence-corrected chi connectivity index (χ2v) is 4.54. The van der Waals surface area contributed by atoms with Crippen molar-refractivity contribution >= 4 is 33.5 Å². The van der Waals surface area contributed by atoms with Crippen LogP contribution in [0, 0.1) is 5.82 Å². The first-order chi connectivity index (χ1) is 9.49. The van der Waals surface area contributed by atoms with E-state index in [2.05, 4.69) is 26.2 Å². The van der Waals surface area contributed by atoms with Gasteiger partial charge in [0.25, 0.3) is 5.91 Å². The van der Waals surface area contributed by atoms with Crippen molar-refractivity contribution in [1.29, 1.82) is 0 Å². The Kier molecular flexibility index (Phi) is 4.09. The smallest absolute Gasteiger partial charge is 0.337 e. The minimum Gasteiger partial charge on any atom is -0.478 e. The average Bonchev–Trinajstić information content (AvgIpc) is 2.41. The Morgan fingerprint density at radius 2 is 2.00 bits per heavy atom. The summed E-state index contributed by atoms with van der Waals surface area (Å²) in [7, 11) is 0. The van der Waals surface area contributed by atoms with Crippen molar-refractivity contribution in [3.8, 4) is 0 Å². The van der Waals surface area contributed by atoms with Crippen LogP contribution in [-0.2, 0) is 0 Å². The molecule has 0 spiro atoms. The minimum atomic E-state index is -1.33. The number of aromatic carboxylic acids is 1. The number of hydrogen-bond donors (Lipinski definition) is 2. The van der Waals surface area contributed by atoms with Crippen LogP contribution >= 0.6 is 15.9 Å². The van der Waals surface area contributed by atoms with Gasteiger partial charge in [-0.2, -0.15) is 0 Å². The molecule has 102 valence electrons. The Bertz CT molecular complexity index is 691. The number of hydrogen-bond acceptors (Lipinski definition) is 3. The number of rotatable bonds is 3. The first-order valence-electron chi connectivity index (χ1n) is 5.44. The molecule has 0 unspecified atom stereocenters. The molecule has 0 saturated carbocycles. The van der Waals surface area contributed by atoms with Crippen molar-refractivity contribution in [2.45, 2.75) is 0 Å². The minimum absolute atomic E-state index is 0.0136. The number of carboxylic acid groups (broad SMARTS) is 1. The number of carbonyl (C=O) groups excluding carboxylic acids is 1. The first-order valence-corrected chi connectivity index (χ1v) is 6.23. The number of carboxylic acids is 1. The Morgan fingerprint density at radius 1 is 1.25 bits per heavy atom. The van der Waals surface area contributed by atoms with Gasteiger partial charge in [-0.05, 0) is 46.3 Å². The summed E-state index contributed by atoms with van der Waals surface area (Å²) in [6, 6.07) is 6.20. The molecule has 1 amide bonds. The molecular formula is C13H8BrFN2O3. The number of halogens is 2. The normalized spacial score (nSPS) is 10.1. The number of pyridine rings is 1. The van der Waals surface area contributed by atoms with Gasteiger partial charge in [0.15, 0.2) is 0 Å². The zero-order valence-electron chi connectivity index (χ0n) is 9.93. The summed E-state index contributed by atoms with van der Waals surface area (Å²) in [5.74, 6) is -2.56. The number of nitrogens with zero attached hydrogens (tertiary/aromatic N) is 1. The molecular weight excluding hydrogens is 331 g/mol. The second kappa shape index (κ2) is 5.79. The van der Waals surface area contributed by atoms with Crippen LogP contribution in [0.3, 0.4) is 0 Å². The lowest BCUT2D eigenvalue weighted by Crippen LogP contribution is -2.15. The van der Waals surface area contributed by atoms with E-state index in [0.717, 1.165) is 12.1 Å². The van der Waals surface area contributed by atoms with Crippen molar-refractivity contribution in [3.63, 3.8) is 0 Å². The van der Waals surface area contributed by atoms with E-state index in [1.54, 1.807) is 6.07 Å². The van der Waals surface area contributed by atoms with E-state index in [1.165, 1.54) is 18.3 Å². The van der Waals surface area contributed by atoms with E-state index in [4.69, 9.17) is 5.11 Å². The molecule has 20 heavy (non-hydrogen) atoms. The van der Waals surface area contributed by atoms with Crippen LogP contribution in [0.25, 0.3) is 0 Å². The van der Waals surface area contributed by atoms with Crippen molar-refractivity contribution in [1.82, 2.24) is 4.98 Å². The largest absolute Gasteiger partial charge is 0.478 e. The fourth-order valence-electron chi connectivity index (χ4n) is 1.55. The third-order valence-corrected chi connectivity index (χ3v) is 3.10. The fourth-order valence-corrected chi connectivity index (χ4v) is 1.98. The Hall–Kier alpha value is -2.28. The summed E-state index contributed by atoms with van der Waals surface area (Å²) in [5.41, 5.74) is -0.0637. The summed E-state index contributed by atoms with van der Waals surface area (Å²) < 4.78 is 13.4. The van der Waals surface area contributed by atoms with Gasteiger partial charge in [0.2, 0.25) is 0 Å². The van der Waals surface area contributed by atoms with Crippen LogP contribution in [0.4, 0.5) is 10.1 Å². The molecule has 2 N–H and O–H groups in total. The van der Waals surface area contributed by atoms with Gasteiger partial charge >= 0.3 is 5.97 Å². The number of aromatic nitrogens is 1. The van der Waals surface area contributed by atoms with Crippen LogP contribution in [0.15, 0.2) is 41.1 Å². The van der Waals surface area contributed by atoms with Crippen LogP contribution < -0.4 is 5.32 Å². The predicted octanol–water partition coefficient (Wildman–Crippen LogP) is 2.93. The van der Waals surface area contributed by atoms with Gasteiger partial charge in [0, 0.05) is 6.20 Å². The van der Waals surface area contributed by atoms with Gasteiger partial charge in [-0.25, -0.2) is 14.2 Å². The van der Waals surface area contributed by atoms with Gasteiger partial charge in [-0.3, -0.25) is 4.79 Å². The highest BCUT2D eigenvalue weighted by Gasteiger charge is 2.16. The van der Waals surface area contributed by atoms with Crippen LogP contribution in [0.2, 0.25) is 0 Å². The molecule has 2 aromatic rings. The van der Waals surface area contributed by atoms with Crippen LogP contribution in [0.1, 0.15) is 20.7 Å². The molecule has 1 aromatic carbocycles. The van der Waals surface area contributed by atoms with Crippen LogP contribution in [0.5, 0.6) is 0 Å². The van der Waals surface area contributed by atoms with E-state index >= 15 is 0 Å². The van der Waals surface area contributed by atoms with Crippen molar-refractivity contribution < 1.29 is 19.1 Å². The molecule has 0 bridgehead atoms. The maximum Gasteiger partial charge on any atom is 0.337 e. The van der Waals surface area contributed by atoms with Gasteiger partial charge in [0.1, 0.15) is 10.4 Å². The third kappa shape index (κ3) is 3.00. The number of nitrogens with one attached hydrogen (secondary N) is 1. The van der Waals surface area contributed by atoms with E-state index in [-0.39, 0.29) is 16.8 Å². The van der Waals surface area contributed by atoms with Gasteiger partial charge in [-0.1, -0.05) is 0 Å². The lowest BCUT2D eigenvalue weighted by atomic mass is 10.1. The lowest BCUT2D eigenvalue weighted by molar-refractivity contribution is 0.0697. The summed E-state index contributed by atoms with van der Waals surface area (Å²) in [6.07, 6.45) is 1.50. The molecule has 0 aliphatic carbocycles. The molecule has 0 aliphatic rings. The highest BCUT2D eigenvalue weighted by molar-refractivity contribution is 9.10. The predicted molar refractivity (Wildman–Crippen MR) is 73.2 cm³/mol. The zero-order chi connectivity index (χ0) is 14.7. The van der Waals surface area contributed by atoms with E-state index in [1.807, 2.05) is 0 Å². The Balaban J connectivity index is 2.33. The van der Waals surface area contributed by atoms with Crippen molar-refractivity contribution in [2.24, 2.45) is 0 Å². The summed E-state index contributed by atoms with van der Waals surface area (Å²) in [6.45, 7) is 0.